The van der Waals surface area contributed by atoms with E-state index in [1.807, 2.05) is 6.07 Å². The van der Waals surface area contributed by atoms with Gasteiger partial charge in [-0.2, -0.15) is 0 Å². The van der Waals surface area contributed by atoms with Gasteiger partial charge in [0.2, 0.25) is 0 Å². The van der Waals surface area contributed by atoms with Crippen LogP contribution in [0.25, 0.3) is 0 Å². The van der Waals surface area contributed by atoms with Crippen molar-refractivity contribution in [3.63, 3.8) is 0 Å². The van der Waals surface area contributed by atoms with Crippen molar-refractivity contribution >= 4 is 0 Å². The quantitative estimate of drug-likeness (QED) is 0.825. The van der Waals surface area contributed by atoms with E-state index < -0.39 is 0 Å². The Bertz CT molecular complexity index is 348. The second-order valence-electron chi connectivity index (χ2n) is 5.51. The fraction of sp³-hybridized carbons (Fsp3) is 0.571. The highest BCUT2D eigenvalue weighted by Gasteiger charge is 2.18. The Morgan fingerprint density at radius 2 is 2.12 bits per heavy atom. The van der Waals surface area contributed by atoms with Crippen LogP contribution in [0, 0.1) is 0 Å². The number of hydrogen-bond donors (Lipinski definition) is 1. The maximum absolute atomic E-state index is 5.95. The lowest BCUT2D eigenvalue weighted by Gasteiger charge is -2.20. The zero-order valence-corrected chi connectivity index (χ0v) is 10.4. The molecule has 2 heteroatoms. The SMILES string of the molecule is CC(C)(C)c1cccc(O[C@H]2CCNC2)c1. The van der Waals surface area contributed by atoms with Gasteiger partial charge in [0.05, 0.1) is 0 Å². The van der Waals surface area contributed by atoms with Crippen LogP contribution in [-0.4, -0.2) is 19.2 Å². The molecule has 1 N–H and O–H groups in total. The molecule has 0 saturated carbocycles. The maximum Gasteiger partial charge on any atom is 0.120 e. The zero-order valence-electron chi connectivity index (χ0n) is 10.4. The Labute approximate surface area is 98.0 Å². The van der Waals surface area contributed by atoms with Crippen LogP contribution in [0.15, 0.2) is 24.3 Å². The first-order valence-electron chi connectivity index (χ1n) is 6.03. The lowest BCUT2D eigenvalue weighted by molar-refractivity contribution is 0.222. The molecule has 1 aromatic carbocycles. The predicted octanol–water partition coefficient (Wildman–Crippen LogP) is 2.72. The van der Waals surface area contributed by atoms with Gasteiger partial charge < -0.3 is 10.1 Å². The Hall–Kier alpha value is -1.02. The molecule has 1 heterocycles. The maximum atomic E-state index is 5.95. The normalized spacial score (nSPS) is 21.1. The third-order valence-electron chi connectivity index (χ3n) is 3.02. The highest BCUT2D eigenvalue weighted by atomic mass is 16.5. The van der Waals surface area contributed by atoms with Gasteiger partial charge in [-0.1, -0.05) is 32.9 Å². The largest absolute Gasteiger partial charge is 0.489 e. The van der Waals surface area contributed by atoms with Crippen LogP contribution >= 0.6 is 0 Å². The molecule has 1 aromatic rings. The van der Waals surface area contributed by atoms with E-state index in [2.05, 4.69) is 44.3 Å². The van der Waals surface area contributed by atoms with Crippen LogP contribution in [-0.2, 0) is 5.41 Å². The van der Waals surface area contributed by atoms with E-state index in [1.165, 1.54) is 5.56 Å². The third kappa shape index (κ3) is 2.76. The van der Waals surface area contributed by atoms with Crippen molar-refractivity contribution in [2.75, 3.05) is 13.1 Å². The predicted molar refractivity (Wildman–Crippen MR) is 67.0 cm³/mol. The lowest BCUT2D eigenvalue weighted by Crippen LogP contribution is -2.20. The first kappa shape index (κ1) is 11.5. The minimum absolute atomic E-state index is 0.188. The van der Waals surface area contributed by atoms with Crippen molar-refractivity contribution < 1.29 is 4.74 Å². The average molecular weight is 219 g/mol. The Balaban J connectivity index is 2.09. The molecular formula is C14H21NO. The number of benzene rings is 1. The van der Waals surface area contributed by atoms with Gasteiger partial charge >= 0.3 is 0 Å². The van der Waals surface area contributed by atoms with Crippen LogP contribution in [0.1, 0.15) is 32.8 Å². The fourth-order valence-corrected chi connectivity index (χ4v) is 1.96. The summed E-state index contributed by atoms with van der Waals surface area (Å²) in [5.41, 5.74) is 1.52. The minimum atomic E-state index is 0.188. The molecule has 2 nitrogen and oxygen atoms in total. The van der Waals surface area contributed by atoms with Gasteiger partial charge in [-0.15, -0.1) is 0 Å². The lowest BCUT2D eigenvalue weighted by atomic mass is 9.87. The molecule has 1 atom stereocenters. The Kier molecular flexibility index (Phi) is 3.20. The van der Waals surface area contributed by atoms with Crippen LogP contribution in [0.5, 0.6) is 5.75 Å². The topological polar surface area (TPSA) is 21.3 Å². The summed E-state index contributed by atoms with van der Waals surface area (Å²) in [6.45, 7) is 8.72. The van der Waals surface area contributed by atoms with Gasteiger partial charge in [0.25, 0.3) is 0 Å². The molecule has 1 fully saturated rings. The Morgan fingerprint density at radius 1 is 1.31 bits per heavy atom. The molecular weight excluding hydrogens is 198 g/mol. The molecule has 0 amide bonds. The van der Waals surface area contributed by atoms with Gasteiger partial charge in [0.1, 0.15) is 11.9 Å². The standard InChI is InChI=1S/C14H21NO/c1-14(2,3)11-5-4-6-12(9-11)16-13-7-8-15-10-13/h4-6,9,13,15H,7-8,10H2,1-3H3/t13-/m0/s1. The third-order valence-corrected chi connectivity index (χ3v) is 3.02. The molecule has 0 bridgehead atoms. The number of ether oxygens (including phenoxy) is 1. The van der Waals surface area contributed by atoms with Gasteiger partial charge in [0.15, 0.2) is 0 Å². The fourth-order valence-electron chi connectivity index (χ4n) is 1.96. The van der Waals surface area contributed by atoms with Crippen molar-refractivity contribution in [1.82, 2.24) is 5.32 Å². The first-order valence-corrected chi connectivity index (χ1v) is 6.03. The average Bonchev–Trinajstić information content (AvgIpc) is 2.70. The summed E-state index contributed by atoms with van der Waals surface area (Å²) in [5.74, 6) is 1.00. The van der Waals surface area contributed by atoms with Gasteiger partial charge in [0, 0.05) is 6.54 Å². The number of hydrogen-bond acceptors (Lipinski definition) is 2. The molecule has 88 valence electrons. The van der Waals surface area contributed by atoms with Gasteiger partial charge in [-0.3, -0.25) is 0 Å². The van der Waals surface area contributed by atoms with Crippen molar-refractivity contribution in [3.05, 3.63) is 29.8 Å². The number of rotatable bonds is 2. The van der Waals surface area contributed by atoms with E-state index in [-0.39, 0.29) is 5.41 Å². The minimum Gasteiger partial charge on any atom is -0.489 e. The van der Waals surface area contributed by atoms with E-state index in [9.17, 15) is 0 Å². The van der Waals surface area contributed by atoms with Crippen molar-refractivity contribution in [1.29, 1.82) is 0 Å². The summed E-state index contributed by atoms with van der Waals surface area (Å²) >= 11 is 0. The highest BCUT2D eigenvalue weighted by molar-refractivity contribution is 5.32. The van der Waals surface area contributed by atoms with Crippen LogP contribution in [0.4, 0.5) is 0 Å². The molecule has 0 radical (unpaired) electrons. The molecule has 1 aliphatic rings. The number of nitrogens with one attached hydrogen (secondary N) is 1. The van der Waals surface area contributed by atoms with Crippen LogP contribution in [0.2, 0.25) is 0 Å². The summed E-state index contributed by atoms with van der Waals surface area (Å²) < 4.78 is 5.95. The first-order chi connectivity index (χ1) is 7.55. The summed E-state index contributed by atoms with van der Waals surface area (Å²) in [7, 11) is 0. The summed E-state index contributed by atoms with van der Waals surface area (Å²) in [6.07, 6.45) is 1.45. The molecule has 0 spiro atoms. The molecule has 1 saturated heterocycles. The molecule has 2 rings (SSSR count). The van der Waals surface area contributed by atoms with E-state index in [0.717, 1.165) is 25.3 Å². The van der Waals surface area contributed by atoms with Crippen molar-refractivity contribution in [2.45, 2.75) is 38.7 Å². The Morgan fingerprint density at radius 3 is 2.75 bits per heavy atom. The van der Waals surface area contributed by atoms with E-state index in [0.29, 0.717) is 6.10 Å². The smallest absolute Gasteiger partial charge is 0.120 e. The summed E-state index contributed by atoms with van der Waals surface area (Å²) in [4.78, 5) is 0. The molecule has 0 unspecified atom stereocenters. The molecule has 1 aliphatic heterocycles. The van der Waals surface area contributed by atoms with Crippen LogP contribution < -0.4 is 10.1 Å². The van der Waals surface area contributed by atoms with E-state index in [1.54, 1.807) is 0 Å². The zero-order chi connectivity index (χ0) is 11.6. The van der Waals surface area contributed by atoms with Crippen molar-refractivity contribution in [2.24, 2.45) is 0 Å². The molecule has 0 aliphatic carbocycles. The van der Waals surface area contributed by atoms with Crippen molar-refractivity contribution in [3.8, 4) is 5.75 Å². The second-order valence-corrected chi connectivity index (χ2v) is 5.51. The second kappa shape index (κ2) is 4.46. The van der Waals surface area contributed by atoms with Crippen LogP contribution in [0.3, 0.4) is 0 Å². The van der Waals surface area contributed by atoms with E-state index >= 15 is 0 Å². The monoisotopic (exact) mass is 219 g/mol. The van der Waals surface area contributed by atoms with Gasteiger partial charge in [-0.25, -0.2) is 0 Å². The molecule has 16 heavy (non-hydrogen) atoms. The highest BCUT2D eigenvalue weighted by Crippen LogP contribution is 2.26. The van der Waals surface area contributed by atoms with Gasteiger partial charge in [-0.05, 0) is 36.1 Å². The summed E-state index contributed by atoms with van der Waals surface area (Å²) in [6, 6.07) is 8.46. The summed E-state index contributed by atoms with van der Waals surface area (Å²) in [5, 5.41) is 3.31. The molecule has 0 aromatic heterocycles. The van der Waals surface area contributed by atoms with E-state index in [4.69, 9.17) is 4.74 Å².